The van der Waals surface area contributed by atoms with E-state index in [1.165, 1.54) is 17.4 Å². The summed E-state index contributed by atoms with van der Waals surface area (Å²) in [7, 11) is 0. The lowest BCUT2D eigenvalue weighted by Crippen LogP contribution is -2.35. The molecule has 0 saturated heterocycles. The van der Waals surface area contributed by atoms with Crippen LogP contribution in [-0.2, 0) is 27.5 Å². The molecule has 284 valence electrons. The van der Waals surface area contributed by atoms with E-state index >= 15 is 0 Å². The number of nitrogens with one attached hydrogen (secondary N) is 4. The molecule has 10 N–H and O–H groups in total. The number of amidine groups is 1. The average Bonchev–Trinajstić information content (AvgIpc) is 3.54. The zero-order valence-electron chi connectivity index (χ0n) is 27.9. The van der Waals surface area contributed by atoms with E-state index in [0.29, 0.717) is 28.6 Å². The summed E-state index contributed by atoms with van der Waals surface area (Å²) in [5, 5.41) is 31.3. The van der Waals surface area contributed by atoms with Crippen LogP contribution >= 0.6 is 0 Å². The van der Waals surface area contributed by atoms with E-state index in [4.69, 9.17) is 36.7 Å². The monoisotopic (exact) mass is 744 g/mol. The second-order valence-electron chi connectivity index (χ2n) is 11.6. The van der Waals surface area contributed by atoms with Gasteiger partial charge in [0, 0.05) is 41.1 Å². The third-order valence-electron chi connectivity index (χ3n) is 7.00. The van der Waals surface area contributed by atoms with Crippen LogP contribution in [0.15, 0.2) is 53.5 Å². The number of amides is 1. The molecule has 0 spiro atoms. The molecule has 1 aromatic heterocycles. The molecular formula is C32H38F6N8O6. The Kier molecular flexibility index (Phi) is 15.0. The number of aromatic nitrogens is 2. The molecule has 0 atom stereocenters. The highest BCUT2D eigenvalue weighted by Gasteiger charge is 2.38. The molecule has 14 nitrogen and oxygen atoms in total. The fourth-order valence-electron chi connectivity index (χ4n) is 4.64. The van der Waals surface area contributed by atoms with Crippen LogP contribution in [0.5, 0.6) is 0 Å². The number of carboxylic acids is 2. The smallest absolute Gasteiger partial charge is 0.475 e. The number of benzene rings is 2. The van der Waals surface area contributed by atoms with E-state index in [1.807, 2.05) is 26.0 Å². The number of hydrogen-bond donors (Lipinski definition) is 8. The zero-order valence-corrected chi connectivity index (χ0v) is 27.9. The molecule has 20 heteroatoms. The van der Waals surface area contributed by atoms with Crippen LogP contribution in [0.2, 0.25) is 0 Å². The van der Waals surface area contributed by atoms with Gasteiger partial charge in [-0.05, 0) is 50.5 Å². The van der Waals surface area contributed by atoms with Gasteiger partial charge in [-0.1, -0.05) is 37.1 Å². The number of nitrogens with two attached hydrogens (primary N) is 2. The highest BCUT2D eigenvalue weighted by molar-refractivity contribution is 5.94. The van der Waals surface area contributed by atoms with Crippen LogP contribution in [0.1, 0.15) is 50.7 Å². The van der Waals surface area contributed by atoms with Crippen LogP contribution < -0.4 is 33.0 Å². The molecule has 1 saturated carbocycles. The minimum atomic E-state index is -5.08. The normalized spacial score (nSPS) is 12.9. The summed E-state index contributed by atoms with van der Waals surface area (Å²) < 4.78 is 64.9. The number of carboxylic acid groups (broad SMARTS) is 2. The molecule has 0 bridgehead atoms. The van der Waals surface area contributed by atoms with E-state index < -0.39 is 24.3 Å². The van der Waals surface area contributed by atoms with Gasteiger partial charge in [-0.2, -0.15) is 26.3 Å². The van der Waals surface area contributed by atoms with Gasteiger partial charge >= 0.3 is 24.3 Å². The summed E-state index contributed by atoms with van der Waals surface area (Å²) in [5.74, 6) is -5.66. The Hall–Kier alpha value is -5.82. The Bertz CT molecular complexity index is 1750. The standard InChI is InChI=1S/C28H36N8O2.2C2HF3O2/c1-17(2)34-27-28(38)36(16-25(37)32-14-18-7-9-19(10-8-18)26(30)31)24(15-33-27)20-11-21(29)13-23(12-20)35-22-5-3-4-6-22;2*3-2(4,5)1(6)7/h7-13,15,17,22,35H,3-6,14,16,29H2,1-2H3,(H3,30,31)(H,32,37)(H,33,34);2*(H,6,7). The molecule has 1 aliphatic carbocycles. The van der Waals surface area contributed by atoms with Gasteiger partial charge in [0.25, 0.3) is 5.56 Å². The summed E-state index contributed by atoms with van der Waals surface area (Å²) >= 11 is 0. The third kappa shape index (κ3) is 13.8. The molecule has 0 unspecified atom stereocenters. The molecule has 1 heterocycles. The molecule has 0 aliphatic heterocycles. The van der Waals surface area contributed by atoms with Crippen LogP contribution in [0.4, 0.5) is 43.5 Å². The van der Waals surface area contributed by atoms with E-state index in [2.05, 4.69) is 20.9 Å². The van der Waals surface area contributed by atoms with Gasteiger partial charge in [-0.3, -0.25) is 19.6 Å². The van der Waals surface area contributed by atoms with Crippen molar-refractivity contribution < 1.29 is 50.9 Å². The van der Waals surface area contributed by atoms with Gasteiger partial charge in [-0.25, -0.2) is 14.6 Å². The fraction of sp³-hybridized carbons (Fsp3) is 0.375. The first-order valence-electron chi connectivity index (χ1n) is 15.4. The molecule has 0 radical (unpaired) electrons. The van der Waals surface area contributed by atoms with Gasteiger partial charge in [0.05, 0.1) is 11.9 Å². The van der Waals surface area contributed by atoms with E-state index in [9.17, 15) is 35.9 Å². The first-order valence-corrected chi connectivity index (χ1v) is 15.4. The topological polar surface area (TPSA) is 239 Å². The summed E-state index contributed by atoms with van der Waals surface area (Å²) in [6.45, 7) is 3.93. The Balaban J connectivity index is 0.000000564. The van der Waals surface area contributed by atoms with E-state index in [0.717, 1.165) is 24.1 Å². The maximum Gasteiger partial charge on any atom is 0.490 e. The van der Waals surface area contributed by atoms with Gasteiger partial charge in [0.1, 0.15) is 12.4 Å². The predicted molar refractivity (Wildman–Crippen MR) is 180 cm³/mol. The minimum absolute atomic E-state index is 0.00381. The number of rotatable bonds is 10. The number of halogens is 6. The quantitative estimate of drug-likeness (QED) is 0.0621. The SMILES string of the molecule is CC(C)Nc1ncc(-c2cc(N)cc(NC3CCCC3)c2)n(CC(=O)NCc2ccc(C(=N)N)cc2)c1=O.O=C(O)C(F)(F)F.O=C(O)C(F)(F)F. The maximum atomic E-state index is 13.4. The van der Waals surface area contributed by atoms with Crippen molar-refractivity contribution in [2.45, 2.75) is 77.1 Å². The molecule has 4 rings (SSSR count). The number of alkyl halides is 6. The molecule has 1 fully saturated rings. The van der Waals surface area contributed by atoms with Crippen molar-refractivity contribution in [3.8, 4) is 11.3 Å². The summed E-state index contributed by atoms with van der Waals surface area (Å²) in [5.41, 5.74) is 15.5. The van der Waals surface area contributed by atoms with Gasteiger partial charge in [0.2, 0.25) is 5.91 Å². The number of hydrogen-bond acceptors (Lipinski definition) is 9. The summed E-state index contributed by atoms with van der Waals surface area (Å²) in [6, 6.07) is 13.1. The van der Waals surface area contributed by atoms with Crippen molar-refractivity contribution >= 4 is 40.9 Å². The maximum absolute atomic E-state index is 13.4. The lowest BCUT2D eigenvalue weighted by molar-refractivity contribution is -0.193. The third-order valence-corrected chi connectivity index (χ3v) is 7.00. The van der Waals surface area contributed by atoms with Crippen molar-refractivity contribution in [1.82, 2.24) is 14.9 Å². The van der Waals surface area contributed by atoms with Crippen molar-refractivity contribution in [3.05, 3.63) is 70.1 Å². The van der Waals surface area contributed by atoms with Gasteiger partial charge in [-0.15, -0.1) is 0 Å². The number of nitrogen functional groups attached to an aromatic ring is 2. The van der Waals surface area contributed by atoms with Crippen molar-refractivity contribution in [2.75, 3.05) is 16.4 Å². The second-order valence-corrected chi connectivity index (χ2v) is 11.6. The molecule has 1 aliphatic rings. The highest BCUT2D eigenvalue weighted by atomic mass is 19.4. The summed E-state index contributed by atoms with van der Waals surface area (Å²) in [4.78, 5) is 48.6. The van der Waals surface area contributed by atoms with Crippen LogP contribution in [0.25, 0.3) is 11.3 Å². The number of aliphatic carboxylic acids is 2. The van der Waals surface area contributed by atoms with E-state index in [1.54, 1.807) is 36.5 Å². The van der Waals surface area contributed by atoms with Crippen LogP contribution in [0, 0.1) is 5.41 Å². The number of carbonyl (C=O) groups excluding carboxylic acids is 1. The zero-order chi connectivity index (χ0) is 39.4. The Morgan fingerprint density at radius 1 is 0.981 bits per heavy atom. The lowest BCUT2D eigenvalue weighted by Gasteiger charge is -2.18. The fourth-order valence-corrected chi connectivity index (χ4v) is 4.64. The molecule has 3 aromatic rings. The lowest BCUT2D eigenvalue weighted by atomic mass is 10.1. The first-order chi connectivity index (χ1) is 24.1. The van der Waals surface area contributed by atoms with Crippen LogP contribution in [-0.4, -0.2) is 67.9 Å². The Morgan fingerprint density at radius 3 is 2.00 bits per heavy atom. The van der Waals surface area contributed by atoms with Gasteiger partial charge in [0.15, 0.2) is 5.82 Å². The molecule has 2 aromatic carbocycles. The number of anilines is 3. The van der Waals surface area contributed by atoms with Crippen LogP contribution in [0.3, 0.4) is 0 Å². The molecule has 1 amide bonds. The second kappa shape index (κ2) is 18.4. The first kappa shape index (κ1) is 42.3. The largest absolute Gasteiger partial charge is 0.490 e. The van der Waals surface area contributed by atoms with Gasteiger partial charge < -0.3 is 37.6 Å². The summed E-state index contributed by atoms with van der Waals surface area (Å²) in [6.07, 6.45) is -3.92. The van der Waals surface area contributed by atoms with Crippen molar-refractivity contribution in [2.24, 2.45) is 5.73 Å². The Labute approximate surface area is 292 Å². The van der Waals surface area contributed by atoms with Crippen molar-refractivity contribution in [3.63, 3.8) is 0 Å². The predicted octanol–water partition coefficient (Wildman–Crippen LogP) is 4.53. The average molecular weight is 745 g/mol. The molecular weight excluding hydrogens is 706 g/mol. The highest BCUT2D eigenvalue weighted by Crippen LogP contribution is 2.29. The number of carbonyl (C=O) groups is 3. The number of nitrogens with zero attached hydrogens (tertiary/aromatic N) is 2. The van der Waals surface area contributed by atoms with Crippen molar-refractivity contribution in [1.29, 1.82) is 5.41 Å². The Morgan fingerprint density at radius 2 is 1.52 bits per heavy atom. The molecule has 52 heavy (non-hydrogen) atoms. The van der Waals surface area contributed by atoms with E-state index in [-0.39, 0.29) is 42.3 Å². The minimum Gasteiger partial charge on any atom is -0.475 e.